The summed E-state index contributed by atoms with van der Waals surface area (Å²) in [5.74, 6) is -2.56. The highest BCUT2D eigenvalue weighted by Crippen LogP contribution is 2.54. The van der Waals surface area contributed by atoms with Gasteiger partial charge in [-0.25, -0.2) is 28.8 Å². The van der Waals surface area contributed by atoms with E-state index in [2.05, 4.69) is 13.2 Å². The van der Waals surface area contributed by atoms with E-state index in [0.29, 0.717) is 24.2 Å². The van der Waals surface area contributed by atoms with Crippen LogP contribution < -0.4 is 0 Å². The molecule has 0 aliphatic heterocycles. The number of imide groups is 2. The van der Waals surface area contributed by atoms with Gasteiger partial charge in [0.25, 0.3) is 0 Å². The van der Waals surface area contributed by atoms with Gasteiger partial charge in [-0.2, -0.15) is 9.80 Å². The molecule has 60 heavy (non-hydrogen) atoms. The smallest absolute Gasteiger partial charge is 0.420 e. The second-order valence-electron chi connectivity index (χ2n) is 19.0. The number of hydrogen-bond acceptors (Lipinski definition) is 14. The van der Waals surface area contributed by atoms with Crippen molar-refractivity contribution in [3.63, 3.8) is 0 Å². The number of aliphatic hydroxyl groups excluding tert-OH is 1. The molecule has 4 amide bonds. The van der Waals surface area contributed by atoms with Crippen molar-refractivity contribution in [2.24, 2.45) is 11.8 Å². The lowest BCUT2D eigenvalue weighted by Gasteiger charge is -2.33. The molecule has 16 nitrogen and oxygen atoms in total. The van der Waals surface area contributed by atoms with Crippen LogP contribution in [-0.4, -0.2) is 110 Å². The standard InChI is InChI=1S/C22H37NO7.C22H35NO7/c2*1-9-11-12-16(24)13-15-14-22(15,17(25)28-10-2)23(18(26)29-20(3,4)5)19(27)30-21(6,7)8/h9,15-16,24H,1,10-14H2,2-8H3;9,15H,1,10-14H2,2-8H3/t15-,16?,22-;15-,22-/m11/s1. The summed E-state index contributed by atoms with van der Waals surface area (Å²) in [5.41, 5.74) is -6.77. The molecule has 1 N–H and O–H groups in total. The van der Waals surface area contributed by atoms with E-state index < -0.39 is 87.7 Å². The summed E-state index contributed by atoms with van der Waals surface area (Å²) in [6, 6.07) is 0. The van der Waals surface area contributed by atoms with Crippen LogP contribution in [0.3, 0.4) is 0 Å². The summed E-state index contributed by atoms with van der Waals surface area (Å²) in [5, 5.41) is 10.3. The molecule has 16 heteroatoms. The summed E-state index contributed by atoms with van der Waals surface area (Å²) in [7, 11) is 0. The van der Waals surface area contributed by atoms with E-state index in [1.165, 1.54) is 0 Å². The third-order valence-corrected chi connectivity index (χ3v) is 8.87. The molecule has 2 rings (SSSR count). The Morgan fingerprint density at radius 2 is 0.950 bits per heavy atom. The van der Waals surface area contributed by atoms with Crippen molar-refractivity contribution < 1.29 is 67.1 Å². The van der Waals surface area contributed by atoms with E-state index in [1.807, 2.05) is 0 Å². The van der Waals surface area contributed by atoms with Gasteiger partial charge >= 0.3 is 36.3 Å². The van der Waals surface area contributed by atoms with Gasteiger partial charge in [0.2, 0.25) is 0 Å². The maximum absolute atomic E-state index is 13.0. The van der Waals surface area contributed by atoms with Crippen LogP contribution in [0.2, 0.25) is 0 Å². The fourth-order valence-electron chi connectivity index (χ4n) is 6.32. The summed E-state index contributed by atoms with van der Waals surface area (Å²) >= 11 is 0. The van der Waals surface area contributed by atoms with Crippen molar-refractivity contribution in [3.8, 4) is 0 Å². The van der Waals surface area contributed by atoms with Gasteiger partial charge in [0.15, 0.2) is 11.1 Å². The van der Waals surface area contributed by atoms with E-state index in [1.54, 1.807) is 109 Å². The minimum absolute atomic E-state index is 0.0365. The molecule has 0 spiro atoms. The molecular formula is C44H72N2O14. The Bertz CT molecular complexity index is 1510. The summed E-state index contributed by atoms with van der Waals surface area (Å²) in [4.78, 5) is 91.6. The molecule has 2 aliphatic rings. The van der Waals surface area contributed by atoms with E-state index in [4.69, 9.17) is 28.4 Å². The van der Waals surface area contributed by atoms with Gasteiger partial charge in [-0.3, -0.25) is 4.79 Å². The highest BCUT2D eigenvalue weighted by atomic mass is 16.6. The van der Waals surface area contributed by atoms with E-state index in [9.17, 15) is 38.7 Å². The number of carbonyl (C=O) groups excluding carboxylic acids is 7. The van der Waals surface area contributed by atoms with Crippen LogP contribution >= 0.6 is 0 Å². The number of rotatable bonds is 16. The van der Waals surface area contributed by atoms with Gasteiger partial charge in [0.05, 0.1) is 19.3 Å². The molecule has 0 aromatic heterocycles. The molecule has 0 aromatic carbocycles. The average Bonchev–Trinajstić information content (AvgIpc) is 3.95. The first-order valence-corrected chi connectivity index (χ1v) is 20.6. The highest BCUT2D eigenvalue weighted by Gasteiger charge is 2.71. The maximum atomic E-state index is 13.0. The predicted molar refractivity (Wildman–Crippen MR) is 223 cm³/mol. The summed E-state index contributed by atoms with van der Waals surface area (Å²) in [6.07, 6.45) is 1.08. The van der Waals surface area contributed by atoms with Crippen LogP contribution in [0.1, 0.15) is 148 Å². The number of Topliss-reactive ketones (excluding diaryl/α,β-unsaturated/α-hetero) is 1. The summed E-state index contributed by atoms with van der Waals surface area (Å²) < 4.78 is 32.0. The topological polar surface area (TPSA) is 202 Å². The number of allylic oxidation sites excluding steroid dienone is 2. The second kappa shape index (κ2) is 21.4. The Morgan fingerprint density at radius 3 is 1.27 bits per heavy atom. The molecule has 0 radical (unpaired) electrons. The zero-order valence-electron chi connectivity index (χ0n) is 38.5. The van der Waals surface area contributed by atoms with E-state index in [-0.39, 0.29) is 51.1 Å². The predicted octanol–water partition coefficient (Wildman–Crippen LogP) is 8.60. The fraction of sp³-hybridized carbons (Fsp3) is 0.750. The van der Waals surface area contributed by atoms with Crippen LogP contribution in [0.5, 0.6) is 0 Å². The zero-order chi connectivity index (χ0) is 46.7. The molecular weight excluding hydrogens is 780 g/mol. The summed E-state index contributed by atoms with van der Waals surface area (Å²) in [6.45, 7) is 30.6. The molecule has 2 fully saturated rings. The molecule has 2 aliphatic carbocycles. The fourth-order valence-corrected chi connectivity index (χ4v) is 6.32. The van der Waals surface area contributed by atoms with Gasteiger partial charge in [-0.05, 0) is 141 Å². The number of aliphatic hydroxyl groups is 1. The number of ether oxygens (including phenoxy) is 6. The SMILES string of the molecule is C=CCCC(=O)C[C@@H]1C[C@@]1(C(=O)OCC)N(C(=O)OC(C)(C)C)C(=O)OC(C)(C)C.C=CCCC(O)C[C@@H]1C[C@@]1(C(=O)OCC)N(C(=O)OC(C)(C)C)C(=O)OC(C)(C)C. The Balaban J connectivity index is 0.000000600. The zero-order valence-corrected chi connectivity index (χ0v) is 38.5. The normalized spacial score (nSPS) is 21.3. The van der Waals surface area contributed by atoms with E-state index in [0.717, 1.165) is 4.90 Å². The Labute approximate surface area is 356 Å². The lowest BCUT2D eigenvalue weighted by molar-refractivity contribution is -0.152. The third kappa shape index (κ3) is 16.2. The maximum Gasteiger partial charge on any atom is 0.420 e. The van der Waals surface area contributed by atoms with Gasteiger partial charge in [-0.15, -0.1) is 13.2 Å². The molecule has 2 saturated carbocycles. The van der Waals surface area contributed by atoms with Gasteiger partial charge < -0.3 is 33.5 Å². The minimum atomic E-state index is -1.62. The molecule has 5 atom stereocenters. The van der Waals surface area contributed by atoms with Crippen molar-refractivity contribution in [3.05, 3.63) is 25.3 Å². The van der Waals surface area contributed by atoms with Gasteiger partial charge in [0, 0.05) is 18.8 Å². The Morgan fingerprint density at radius 1 is 0.617 bits per heavy atom. The lowest BCUT2D eigenvalue weighted by atomic mass is 10.0. The van der Waals surface area contributed by atoms with Crippen LogP contribution in [0.4, 0.5) is 19.2 Å². The van der Waals surface area contributed by atoms with Crippen LogP contribution in [0.25, 0.3) is 0 Å². The van der Waals surface area contributed by atoms with Crippen molar-refractivity contribution in [1.29, 1.82) is 0 Å². The molecule has 342 valence electrons. The molecule has 0 saturated heterocycles. The largest absolute Gasteiger partial charge is 0.464 e. The third-order valence-electron chi connectivity index (χ3n) is 8.87. The highest BCUT2D eigenvalue weighted by molar-refractivity contribution is 6.00. The first kappa shape index (κ1) is 53.5. The number of carbonyl (C=O) groups is 7. The lowest BCUT2D eigenvalue weighted by Crippen LogP contribution is -2.55. The van der Waals surface area contributed by atoms with E-state index >= 15 is 0 Å². The monoisotopic (exact) mass is 852 g/mol. The first-order valence-electron chi connectivity index (χ1n) is 20.6. The number of esters is 2. The number of hydrogen-bond donors (Lipinski definition) is 1. The Hall–Kier alpha value is -4.47. The molecule has 0 heterocycles. The van der Waals surface area contributed by atoms with Crippen molar-refractivity contribution in [2.75, 3.05) is 13.2 Å². The van der Waals surface area contributed by atoms with Crippen molar-refractivity contribution in [1.82, 2.24) is 9.80 Å². The second-order valence-corrected chi connectivity index (χ2v) is 19.0. The number of ketones is 1. The number of amides is 4. The van der Waals surface area contributed by atoms with Crippen LogP contribution in [0, 0.1) is 11.8 Å². The Kier molecular flexibility index (Phi) is 19.1. The quantitative estimate of drug-likeness (QED) is 0.0878. The average molecular weight is 853 g/mol. The van der Waals surface area contributed by atoms with Gasteiger partial charge in [0.1, 0.15) is 28.2 Å². The van der Waals surface area contributed by atoms with Crippen LogP contribution in [0.15, 0.2) is 25.3 Å². The first-order chi connectivity index (χ1) is 27.3. The van der Waals surface area contributed by atoms with Crippen molar-refractivity contribution >= 4 is 42.1 Å². The van der Waals surface area contributed by atoms with Crippen molar-refractivity contribution in [2.45, 2.75) is 188 Å². The molecule has 1 unspecified atom stereocenters. The minimum Gasteiger partial charge on any atom is -0.464 e. The van der Waals surface area contributed by atoms with Gasteiger partial charge in [-0.1, -0.05) is 12.2 Å². The van der Waals surface area contributed by atoms with Crippen LogP contribution in [-0.2, 0) is 42.8 Å². The number of nitrogens with zero attached hydrogens (tertiary/aromatic N) is 2. The molecule has 0 bridgehead atoms. The molecule has 0 aromatic rings.